The largest absolute Gasteiger partial charge is 0.497 e. The molecule has 0 atom stereocenters. The van der Waals surface area contributed by atoms with Gasteiger partial charge in [-0.05, 0) is 54.7 Å². The summed E-state index contributed by atoms with van der Waals surface area (Å²) < 4.78 is 10.6. The molecule has 0 aliphatic rings. The molecule has 0 aliphatic heterocycles. The predicted octanol–water partition coefficient (Wildman–Crippen LogP) is 3.68. The predicted molar refractivity (Wildman–Crippen MR) is 77.6 cm³/mol. The van der Waals surface area contributed by atoms with Gasteiger partial charge < -0.3 is 9.47 Å². The maximum atomic E-state index is 5.36. The first-order chi connectivity index (χ1) is 9.22. The van der Waals surface area contributed by atoms with Gasteiger partial charge in [0.1, 0.15) is 11.5 Å². The van der Waals surface area contributed by atoms with E-state index >= 15 is 0 Å². The van der Waals surface area contributed by atoms with Crippen LogP contribution in [0.2, 0.25) is 0 Å². The van der Waals surface area contributed by atoms with Gasteiger partial charge in [0.15, 0.2) is 0 Å². The van der Waals surface area contributed by atoms with Crippen molar-refractivity contribution in [1.29, 1.82) is 0 Å². The Morgan fingerprint density at radius 1 is 1.05 bits per heavy atom. The normalized spacial score (nSPS) is 10.3. The summed E-state index contributed by atoms with van der Waals surface area (Å²) in [5.74, 6) is 1.74. The van der Waals surface area contributed by atoms with Crippen LogP contribution in [0.3, 0.4) is 0 Å². The van der Waals surface area contributed by atoms with Gasteiger partial charge >= 0.3 is 0 Å². The molecule has 0 heterocycles. The zero-order chi connectivity index (χ0) is 13.7. The first kappa shape index (κ1) is 13.5. The standard InChI is InChI=1S/C17H18O2/c1-13-7-9-15(17(11-13)19-3)10-8-14-5-4-6-16(12-14)18-2/h4-7,9-12H,1,8H2,2-3H3. The molecule has 0 unspecified atom stereocenters. The lowest BCUT2D eigenvalue weighted by Crippen LogP contribution is -1.94. The maximum Gasteiger partial charge on any atom is 0.122 e. The van der Waals surface area contributed by atoms with Crippen LogP contribution in [-0.2, 0) is 6.42 Å². The second-order valence-corrected chi connectivity index (χ2v) is 4.34. The number of ether oxygens (including phenoxy) is 2. The van der Waals surface area contributed by atoms with E-state index in [9.17, 15) is 0 Å². The Bertz CT molecular complexity index is 547. The SMILES string of the molecule is [CH2]c1ccc([CH]Cc2cccc(OC)c2)c(OC)c1. The third-order valence-electron chi connectivity index (χ3n) is 2.99. The molecule has 0 aliphatic carbocycles. The summed E-state index contributed by atoms with van der Waals surface area (Å²) >= 11 is 0. The highest BCUT2D eigenvalue weighted by atomic mass is 16.5. The Morgan fingerprint density at radius 3 is 2.63 bits per heavy atom. The van der Waals surface area contributed by atoms with Gasteiger partial charge in [-0.1, -0.05) is 24.3 Å². The molecule has 0 saturated carbocycles. The topological polar surface area (TPSA) is 18.5 Å². The van der Waals surface area contributed by atoms with Gasteiger partial charge in [-0.25, -0.2) is 0 Å². The Kier molecular flexibility index (Phi) is 4.45. The summed E-state index contributed by atoms with van der Waals surface area (Å²) in [6.07, 6.45) is 2.98. The zero-order valence-corrected chi connectivity index (χ0v) is 11.3. The second-order valence-electron chi connectivity index (χ2n) is 4.34. The molecule has 0 aromatic heterocycles. The van der Waals surface area contributed by atoms with E-state index in [0.717, 1.165) is 29.0 Å². The highest BCUT2D eigenvalue weighted by Crippen LogP contribution is 2.23. The quantitative estimate of drug-likeness (QED) is 0.810. The average Bonchev–Trinajstić information content (AvgIpc) is 2.46. The van der Waals surface area contributed by atoms with E-state index in [1.54, 1.807) is 14.2 Å². The van der Waals surface area contributed by atoms with E-state index < -0.39 is 0 Å². The summed E-state index contributed by atoms with van der Waals surface area (Å²) in [5, 5.41) is 0. The van der Waals surface area contributed by atoms with Gasteiger partial charge in [-0.3, -0.25) is 0 Å². The van der Waals surface area contributed by atoms with Crippen molar-refractivity contribution >= 4 is 0 Å². The van der Waals surface area contributed by atoms with Crippen molar-refractivity contribution < 1.29 is 9.47 Å². The Morgan fingerprint density at radius 2 is 1.89 bits per heavy atom. The first-order valence-electron chi connectivity index (χ1n) is 6.19. The minimum absolute atomic E-state index is 0.837. The van der Waals surface area contributed by atoms with Crippen LogP contribution >= 0.6 is 0 Å². The Hall–Kier alpha value is -1.96. The monoisotopic (exact) mass is 254 g/mol. The van der Waals surface area contributed by atoms with E-state index in [1.807, 2.05) is 36.4 Å². The minimum Gasteiger partial charge on any atom is -0.497 e. The maximum absolute atomic E-state index is 5.36. The van der Waals surface area contributed by atoms with Crippen LogP contribution in [0.4, 0.5) is 0 Å². The number of benzene rings is 2. The fourth-order valence-electron chi connectivity index (χ4n) is 1.95. The lowest BCUT2D eigenvalue weighted by molar-refractivity contribution is 0.412. The van der Waals surface area contributed by atoms with Crippen molar-refractivity contribution in [2.45, 2.75) is 6.42 Å². The van der Waals surface area contributed by atoms with Crippen LogP contribution in [0.25, 0.3) is 0 Å². The van der Waals surface area contributed by atoms with Gasteiger partial charge in [-0.2, -0.15) is 0 Å². The van der Waals surface area contributed by atoms with Crippen molar-refractivity contribution in [2.75, 3.05) is 14.2 Å². The zero-order valence-electron chi connectivity index (χ0n) is 11.3. The molecule has 2 aromatic rings. The van der Waals surface area contributed by atoms with Crippen molar-refractivity contribution in [2.24, 2.45) is 0 Å². The van der Waals surface area contributed by atoms with Gasteiger partial charge in [0, 0.05) is 0 Å². The van der Waals surface area contributed by atoms with E-state index in [4.69, 9.17) is 9.47 Å². The molecule has 2 nitrogen and oxygen atoms in total. The average molecular weight is 254 g/mol. The number of hydrogen-bond acceptors (Lipinski definition) is 2. The van der Waals surface area contributed by atoms with Crippen molar-refractivity contribution in [3.63, 3.8) is 0 Å². The highest BCUT2D eigenvalue weighted by Gasteiger charge is 2.04. The molecule has 19 heavy (non-hydrogen) atoms. The van der Waals surface area contributed by atoms with Crippen molar-refractivity contribution in [3.8, 4) is 11.5 Å². The van der Waals surface area contributed by atoms with Crippen LogP contribution in [-0.4, -0.2) is 14.2 Å². The fraction of sp³-hybridized carbons (Fsp3) is 0.176. The number of methoxy groups -OCH3 is 2. The van der Waals surface area contributed by atoms with Gasteiger partial charge in [0.2, 0.25) is 0 Å². The van der Waals surface area contributed by atoms with Gasteiger partial charge in [-0.15, -0.1) is 0 Å². The number of rotatable bonds is 5. The summed E-state index contributed by atoms with van der Waals surface area (Å²) in [4.78, 5) is 0. The van der Waals surface area contributed by atoms with E-state index in [2.05, 4.69) is 19.4 Å². The second kappa shape index (κ2) is 6.28. The third kappa shape index (κ3) is 3.50. The first-order valence-corrected chi connectivity index (χ1v) is 6.19. The fourth-order valence-corrected chi connectivity index (χ4v) is 1.95. The molecule has 2 radical (unpaired) electrons. The molecular formula is C17H18O2. The summed E-state index contributed by atoms with van der Waals surface area (Å²) in [6, 6.07) is 14.0. The van der Waals surface area contributed by atoms with Crippen LogP contribution in [0, 0.1) is 13.3 Å². The molecule has 2 heteroatoms. The van der Waals surface area contributed by atoms with E-state index in [1.165, 1.54) is 5.56 Å². The summed E-state index contributed by atoms with van der Waals surface area (Å²) in [5.41, 5.74) is 3.24. The highest BCUT2D eigenvalue weighted by molar-refractivity contribution is 5.44. The molecule has 0 bridgehead atoms. The van der Waals surface area contributed by atoms with Crippen LogP contribution < -0.4 is 9.47 Å². The molecule has 98 valence electrons. The molecule has 0 spiro atoms. The van der Waals surface area contributed by atoms with Crippen LogP contribution in [0.5, 0.6) is 11.5 Å². The summed E-state index contributed by atoms with van der Waals surface area (Å²) in [7, 11) is 3.36. The summed E-state index contributed by atoms with van der Waals surface area (Å²) in [6.45, 7) is 3.90. The lowest BCUT2D eigenvalue weighted by atomic mass is 10.0. The molecule has 0 N–H and O–H groups in total. The van der Waals surface area contributed by atoms with Crippen molar-refractivity contribution in [3.05, 3.63) is 72.5 Å². The van der Waals surface area contributed by atoms with Gasteiger partial charge in [0.25, 0.3) is 0 Å². The molecule has 2 aromatic carbocycles. The van der Waals surface area contributed by atoms with Gasteiger partial charge in [0.05, 0.1) is 14.2 Å². The molecular weight excluding hydrogens is 236 g/mol. The molecule has 0 amide bonds. The van der Waals surface area contributed by atoms with Crippen molar-refractivity contribution in [1.82, 2.24) is 0 Å². The smallest absolute Gasteiger partial charge is 0.122 e. The van der Waals surface area contributed by atoms with E-state index in [0.29, 0.717) is 0 Å². The Labute approximate surface area is 115 Å². The molecule has 2 rings (SSSR count). The minimum atomic E-state index is 0.837. The Balaban J connectivity index is 2.09. The van der Waals surface area contributed by atoms with Crippen LogP contribution in [0.1, 0.15) is 16.7 Å². The third-order valence-corrected chi connectivity index (χ3v) is 2.99. The molecule has 0 fully saturated rings. The lowest BCUT2D eigenvalue weighted by Gasteiger charge is -2.09. The van der Waals surface area contributed by atoms with Crippen LogP contribution in [0.15, 0.2) is 42.5 Å². The number of hydrogen-bond donors (Lipinski definition) is 0. The van der Waals surface area contributed by atoms with E-state index in [-0.39, 0.29) is 0 Å². The molecule has 0 saturated heterocycles.